The van der Waals surface area contributed by atoms with E-state index in [0.717, 1.165) is 34.4 Å². The number of thioether (sulfide) groups is 1. The summed E-state index contributed by atoms with van der Waals surface area (Å²) in [5, 5.41) is 1.90. The van der Waals surface area contributed by atoms with Crippen molar-refractivity contribution in [1.82, 2.24) is 9.88 Å². The first-order valence-electron chi connectivity index (χ1n) is 8.12. The Bertz CT molecular complexity index is 926. The second-order valence-corrected chi connectivity index (χ2v) is 6.80. The highest BCUT2D eigenvalue weighted by Crippen LogP contribution is 2.29. The third-order valence-electron chi connectivity index (χ3n) is 4.04. The van der Waals surface area contributed by atoms with Crippen LogP contribution in [0.1, 0.15) is 34.2 Å². The van der Waals surface area contributed by atoms with Crippen molar-refractivity contribution in [2.24, 2.45) is 0 Å². The number of aryl methyl sites for hydroxylation is 1. The average Bonchev–Trinajstić information content (AvgIpc) is 3.06. The highest BCUT2D eigenvalue weighted by molar-refractivity contribution is 8.18. The molecular weight excluding hydrogens is 352 g/mol. The lowest BCUT2D eigenvalue weighted by atomic mass is 10.2. The molecule has 0 bridgehead atoms. The fourth-order valence-electron chi connectivity index (χ4n) is 2.85. The predicted molar refractivity (Wildman–Crippen MR) is 100 cm³/mol. The summed E-state index contributed by atoms with van der Waals surface area (Å²) in [7, 11) is 0. The van der Waals surface area contributed by atoms with Crippen molar-refractivity contribution < 1.29 is 19.1 Å². The number of hydrogen-bond acceptors (Lipinski definition) is 5. The molecule has 0 saturated carbocycles. The first-order valence-corrected chi connectivity index (χ1v) is 8.93. The van der Waals surface area contributed by atoms with E-state index in [-0.39, 0.29) is 17.1 Å². The third kappa shape index (κ3) is 3.43. The van der Waals surface area contributed by atoms with Crippen molar-refractivity contribution in [3.05, 3.63) is 57.8 Å². The molecule has 7 heteroatoms. The Morgan fingerprint density at radius 1 is 1.23 bits per heavy atom. The Kier molecular flexibility index (Phi) is 4.99. The summed E-state index contributed by atoms with van der Waals surface area (Å²) in [6.45, 7) is 6.01. The molecule has 6 nitrogen and oxygen atoms in total. The second kappa shape index (κ2) is 7.21. The van der Waals surface area contributed by atoms with Gasteiger partial charge in [-0.25, -0.2) is 4.79 Å². The van der Waals surface area contributed by atoms with Gasteiger partial charge in [0.1, 0.15) is 0 Å². The first-order chi connectivity index (χ1) is 12.4. The largest absolute Gasteiger partial charge is 0.462 e. The highest BCUT2D eigenvalue weighted by Gasteiger charge is 2.25. The van der Waals surface area contributed by atoms with Crippen LogP contribution in [-0.2, 0) is 9.53 Å². The van der Waals surface area contributed by atoms with Crippen LogP contribution in [0.5, 0.6) is 0 Å². The number of hydrogen-bond donors (Lipinski definition) is 1. The van der Waals surface area contributed by atoms with Crippen LogP contribution in [0.2, 0.25) is 0 Å². The van der Waals surface area contributed by atoms with Gasteiger partial charge in [-0.2, -0.15) is 0 Å². The van der Waals surface area contributed by atoms with E-state index in [1.165, 1.54) is 0 Å². The molecule has 0 unspecified atom stereocenters. The molecule has 2 amide bonds. The number of esters is 1. The fraction of sp³-hybridized carbons (Fsp3) is 0.211. The van der Waals surface area contributed by atoms with Gasteiger partial charge in [0.2, 0.25) is 0 Å². The summed E-state index contributed by atoms with van der Waals surface area (Å²) in [4.78, 5) is 35.2. The summed E-state index contributed by atoms with van der Waals surface area (Å²) in [6.07, 6.45) is 1.72. The molecule has 0 radical (unpaired) electrons. The number of carbonyl (C=O) groups excluding carboxylic acids is 3. The summed E-state index contributed by atoms with van der Waals surface area (Å²) < 4.78 is 7.03. The summed E-state index contributed by atoms with van der Waals surface area (Å²) in [6, 6.07) is 9.11. The minimum atomic E-state index is -0.372. The van der Waals surface area contributed by atoms with Crippen molar-refractivity contribution in [1.29, 1.82) is 0 Å². The van der Waals surface area contributed by atoms with E-state index in [1.54, 1.807) is 25.1 Å². The second-order valence-electron chi connectivity index (χ2n) is 5.78. The number of aromatic nitrogens is 1. The van der Waals surface area contributed by atoms with Gasteiger partial charge in [0, 0.05) is 17.1 Å². The van der Waals surface area contributed by atoms with E-state index in [4.69, 9.17) is 4.74 Å². The minimum absolute atomic E-state index is 0.336. The van der Waals surface area contributed by atoms with Gasteiger partial charge in [-0.1, -0.05) is 0 Å². The number of nitrogens with one attached hydrogen (secondary N) is 1. The van der Waals surface area contributed by atoms with E-state index < -0.39 is 0 Å². The number of ether oxygens (including phenoxy) is 1. The standard InChI is InChI=1S/C19H18N2O4S/c1-4-25-18(23)13-5-7-15(8-6-13)21-11(2)9-14(12(21)3)10-16-17(22)20-19(24)26-16/h5-10H,4H2,1-3H3,(H,20,22,24)/b16-10-. The van der Waals surface area contributed by atoms with Crippen LogP contribution < -0.4 is 5.32 Å². The number of rotatable bonds is 4. The zero-order valence-corrected chi connectivity index (χ0v) is 15.5. The van der Waals surface area contributed by atoms with Crippen LogP contribution in [0.25, 0.3) is 11.8 Å². The van der Waals surface area contributed by atoms with Crippen LogP contribution in [-0.4, -0.2) is 28.3 Å². The Morgan fingerprint density at radius 2 is 1.92 bits per heavy atom. The van der Waals surface area contributed by atoms with Crippen LogP contribution >= 0.6 is 11.8 Å². The number of imide groups is 1. The van der Waals surface area contributed by atoms with Crippen molar-refractivity contribution in [2.45, 2.75) is 20.8 Å². The van der Waals surface area contributed by atoms with Crippen molar-refractivity contribution >= 4 is 35.0 Å². The molecular formula is C19H18N2O4S. The van der Waals surface area contributed by atoms with Gasteiger partial charge in [0.15, 0.2) is 0 Å². The highest BCUT2D eigenvalue weighted by atomic mass is 32.2. The van der Waals surface area contributed by atoms with E-state index in [1.807, 2.05) is 36.6 Å². The molecule has 3 rings (SSSR count). The van der Waals surface area contributed by atoms with Crippen molar-refractivity contribution in [3.8, 4) is 5.69 Å². The Hall–Kier alpha value is -2.80. The Labute approximate surface area is 155 Å². The summed E-state index contributed by atoms with van der Waals surface area (Å²) >= 11 is 0.899. The molecule has 0 atom stereocenters. The number of nitrogens with zero attached hydrogens (tertiary/aromatic N) is 1. The minimum Gasteiger partial charge on any atom is -0.462 e. The van der Waals surface area contributed by atoms with Gasteiger partial charge in [-0.15, -0.1) is 0 Å². The monoisotopic (exact) mass is 370 g/mol. The van der Waals surface area contributed by atoms with Gasteiger partial charge < -0.3 is 9.30 Å². The van der Waals surface area contributed by atoms with Crippen molar-refractivity contribution in [3.63, 3.8) is 0 Å². The lowest BCUT2D eigenvalue weighted by Gasteiger charge is -2.10. The Balaban J connectivity index is 1.93. The first kappa shape index (κ1) is 18.0. The van der Waals surface area contributed by atoms with Crippen LogP contribution in [0, 0.1) is 13.8 Å². The maximum Gasteiger partial charge on any atom is 0.338 e. The SMILES string of the molecule is CCOC(=O)c1ccc(-n2c(C)cc(/C=C3\SC(=O)NC3=O)c2C)cc1. The lowest BCUT2D eigenvalue weighted by Crippen LogP contribution is -2.17. The van der Waals surface area contributed by atoms with Gasteiger partial charge >= 0.3 is 5.97 Å². The molecule has 1 N–H and O–H groups in total. The zero-order valence-electron chi connectivity index (χ0n) is 14.7. The van der Waals surface area contributed by atoms with Gasteiger partial charge in [0.25, 0.3) is 11.1 Å². The molecule has 2 heterocycles. The van der Waals surface area contributed by atoms with E-state index in [9.17, 15) is 14.4 Å². The molecule has 134 valence electrons. The van der Waals surface area contributed by atoms with Gasteiger partial charge in [-0.3, -0.25) is 14.9 Å². The smallest absolute Gasteiger partial charge is 0.338 e. The number of carbonyl (C=O) groups is 3. The lowest BCUT2D eigenvalue weighted by molar-refractivity contribution is -0.115. The Morgan fingerprint density at radius 3 is 2.50 bits per heavy atom. The maximum atomic E-state index is 11.8. The zero-order chi connectivity index (χ0) is 18.8. The van der Waals surface area contributed by atoms with Gasteiger partial charge in [-0.05, 0) is 74.5 Å². The summed E-state index contributed by atoms with van der Waals surface area (Å²) in [5.74, 6) is -0.719. The molecule has 1 saturated heterocycles. The molecule has 0 spiro atoms. The molecule has 1 fully saturated rings. The topological polar surface area (TPSA) is 77.4 Å². The molecule has 2 aromatic rings. The molecule has 1 aliphatic rings. The molecule has 26 heavy (non-hydrogen) atoms. The molecule has 1 aromatic heterocycles. The number of benzene rings is 1. The van der Waals surface area contributed by atoms with Crippen LogP contribution in [0.3, 0.4) is 0 Å². The van der Waals surface area contributed by atoms with E-state index >= 15 is 0 Å². The summed E-state index contributed by atoms with van der Waals surface area (Å²) in [5.41, 5.74) is 4.18. The van der Waals surface area contributed by atoms with Crippen molar-refractivity contribution in [2.75, 3.05) is 6.61 Å². The van der Waals surface area contributed by atoms with Crippen LogP contribution in [0.15, 0.2) is 35.2 Å². The van der Waals surface area contributed by atoms with E-state index in [0.29, 0.717) is 17.1 Å². The average molecular weight is 370 g/mol. The maximum absolute atomic E-state index is 11.8. The molecule has 1 aliphatic heterocycles. The normalized spacial score (nSPS) is 15.4. The molecule has 1 aromatic carbocycles. The third-order valence-corrected chi connectivity index (χ3v) is 4.85. The molecule has 0 aliphatic carbocycles. The fourth-order valence-corrected chi connectivity index (χ4v) is 3.53. The quantitative estimate of drug-likeness (QED) is 0.657. The van der Waals surface area contributed by atoms with Gasteiger partial charge in [0.05, 0.1) is 17.1 Å². The van der Waals surface area contributed by atoms with E-state index in [2.05, 4.69) is 5.32 Å². The van der Waals surface area contributed by atoms with Crippen LogP contribution in [0.4, 0.5) is 4.79 Å². The predicted octanol–water partition coefficient (Wildman–Crippen LogP) is 3.59. The number of amides is 2.